The first-order valence-electron chi connectivity index (χ1n) is 11.4. The molecular formula is C25H24F3N5O2. The minimum Gasteiger partial charge on any atom is -0.316 e. The van der Waals surface area contributed by atoms with Crippen LogP contribution in [0.25, 0.3) is 0 Å². The van der Waals surface area contributed by atoms with Crippen LogP contribution in [0, 0.1) is 17.5 Å². The molecule has 2 aromatic carbocycles. The van der Waals surface area contributed by atoms with E-state index in [0.717, 1.165) is 17.7 Å². The number of anilines is 2. The van der Waals surface area contributed by atoms with E-state index in [-0.39, 0.29) is 30.1 Å². The average Bonchev–Trinajstić information content (AvgIpc) is 3.37. The van der Waals surface area contributed by atoms with Gasteiger partial charge in [0.2, 0.25) is 5.91 Å². The summed E-state index contributed by atoms with van der Waals surface area (Å²) in [6.45, 7) is 3.07. The number of fused-ring (bicyclic) bond motifs is 1. The summed E-state index contributed by atoms with van der Waals surface area (Å²) >= 11 is 0. The van der Waals surface area contributed by atoms with Gasteiger partial charge in [0.15, 0.2) is 17.5 Å². The Labute approximate surface area is 200 Å². The normalized spacial score (nSPS) is 20.1. The standard InChI is InChI=1S/C25H24F3N5O2/c1-15-7-8-33-22(14-31(15)25(35)30-18-10-19(26)24(28)20(27)11-18)21(12-29-33)32-13-17(9-23(32)34)16-5-3-2-4-6-16/h2-6,10-12,15,17H,7-9,13-14H2,1H3,(H,30,35). The van der Waals surface area contributed by atoms with Crippen molar-refractivity contribution in [2.45, 2.75) is 44.8 Å². The molecule has 2 unspecified atom stereocenters. The van der Waals surface area contributed by atoms with Gasteiger partial charge in [0.05, 0.1) is 24.1 Å². The molecule has 2 aliphatic rings. The molecule has 7 nitrogen and oxygen atoms in total. The Kier molecular flexibility index (Phi) is 5.96. The van der Waals surface area contributed by atoms with Crippen LogP contribution in [0.3, 0.4) is 0 Å². The van der Waals surface area contributed by atoms with E-state index >= 15 is 0 Å². The zero-order valence-electron chi connectivity index (χ0n) is 19.0. The fourth-order valence-electron chi connectivity index (χ4n) is 4.75. The number of hydrogen-bond donors (Lipinski definition) is 1. The van der Waals surface area contributed by atoms with E-state index in [4.69, 9.17) is 0 Å². The Hall–Kier alpha value is -3.82. The molecule has 10 heteroatoms. The van der Waals surface area contributed by atoms with E-state index in [1.165, 1.54) is 4.90 Å². The van der Waals surface area contributed by atoms with Crippen molar-refractivity contribution in [3.05, 3.63) is 77.4 Å². The van der Waals surface area contributed by atoms with Gasteiger partial charge >= 0.3 is 6.03 Å². The average molecular weight is 483 g/mol. The number of amides is 3. The molecule has 1 N–H and O–H groups in total. The summed E-state index contributed by atoms with van der Waals surface area (Å²) in [6, 6.07) is 10.5. The highest BCUT2D eigenvalue weighted by Crippen LogP contribution is 2.35. The smallest absolute Gasteiger partial charge is 0.316 e. The fourth-order valence-corrected chi connectivity index (χ4v) is 4.75. The SMILES string of the molecule is CC1CCn2ncc(N3CC(c4ccccc4)CC3=O)c2CN1C(=O)Nc1cc(F)c(F)c(F)c1. The number of benzene rings is 2. The molecule has 1 fully saturated rings. The Balaban J connectivity index is 1.38. The number of urea groups is 1. The summed E-state index contributed by atoms with van der Waals surface area (Å²) in [5.74, 6) is -4.31. The molecule has 3 amide bonds. The van der Waals surface area contributed by atoms with Crippen molar-refractivity contribution in [2.75, 3.05) is 16.8 Å². The summed E-state index contributed by atoms with van der Waals surface area (Å²) in [5, 5.41) is 6.92. The Morgan fingerprint density at radius 2 is 1.83 bits per heavy atom. The van der Waals surface area contributed by atoms with Crippen molar-refractivity contribution < 1.29 is 22.8 Å². The summed E-state index contributed by atoms with van der Waals surface area (Å²) in [7, 11) is 0. The number of nitrogens with zero attached hydrogens (tertiary/aromatic N) is 4. The van der Waals surface area contributed by atoms with E-state index in [2.05, 4.69) is 10.4 Å². The molecule has 0 spiro atoms. The second-order valence-electron chi connectivity index (χ2n) is 8.97. The molecule has 2 atom stereocenters. The zero-order chi connectivity index (χ0) is 24.7. The van der Waals surface area contributed by atoms with Crippen LogP contribution in [-0.2, 0) is 17.9 Å². The number of carbonyl (C=O) groups excluding carboxylic acids is 2. The molecule has 3 aromatic rings. The van der Waals surface area contributed by atoms with Crippen molar-refractivity contribution in [3.63, 3.8) is 0 Å². The number of aryl methyl sites for hydroxylation is 1. The highest BCUT2D eigenvalue weighted by Gasteiger charge is 2.36. The van der Waals surface area contributed by atoms with Crippen LogP contribution < -0.4 is 10.2 Å². The van der Waals surface area contributed by atoms with Gasteiger partial charge in [-0.05, 0) is 18.9 Å². The van der Waals surface area contributed by atoms with Crippen molar-refractivity contribution in [3.8, 4) is 0 Å². The molecule has 3 heterocycles. The molecule has 0 aliphatic carbocycles. The Morgan fingerprint density at radius 3 is 2.54 bits per heavy atom. The van der Waals surface area contributed by atoms with Crippen molar-refractivity contribution in [1.82, 2.24) is 14.7 Å². The van der Waals surface area contributed by atoms with Crippen LogP contribution in [0.15, 0.2) is 48.7 Å². The van der Waals surface area contributed by atoms with Crippen molar-refractivity contribution >= 4 is 23.3 Å². The van der Waals surface area contributed by atoms with E-state index in [0.29, 0.717) is 37.3 Å². The highest BCUT2D eigenvalue weighted by molar-refractivity contribution is 5.97. The number of nitrogens with one attached hydrogen (secondary N) is 1. The minimum atomic E-state index is -1.59. The van der Waals surface area contributed by atoms with Gasteiger partial charge < -0.3 is 15.1 Å². The maximum absolute atomic E-state index is 13.6. The fraction of sp³-hybridized carbons (Fsp3) is 0.320. The topological polar surface area (TPSA) is 70.5 Å². The summed E-state index contributed by atoms with van der Waals surface area (Å²) in [4.78, 5) is 29.2. The molecule has 0 saturated carbocycles. The molecular weight excluding hydrogens is 459 g/mol. The molecule has 5 rings (SSSR count). The lowest BCUT2D eigenvalue weighted by Crippen LogP contribution is -2.40. The summed E-state index contributed by atoms with van der Waals surface area (Å²) < 4.78 is 42.3. The van der Waals surface area contributed by atoms with Crippen LogP contribution in [0.5, 0.6) is 0 Å². The third kappa shape index (κ3) is 4.36. The van der Waals surface area contributed by atoms with E-state index < -0.39 is 23.5 Å². The molecule has 1 saturated heterocycles. The van der Waals surface area contributed by atoms with Gasteiger partial charge in [-0.15, -0.1) is 0 Å². The van der Waals surface area contributed by atoms with Crippen LogP contribution in [0.2, 0.25) is 0 Å². The van der Waals surface area contributed by atoms with Crippen LogP contribution in [-0.4, -0.2) is 39.2 Å². The van der Waals surface area contributed by atoms with Gasteiger partial charge in [-0.3, -0.25) is 9.48 Å². The Bertz CT molecular complexity index is 1260. The molecule has 1 aromatic heterocycles. The first-order valence-corrected chi connectivity index (χ1v) is 11.4. The Morgan fingerprint density at radius 1 is 1.11 bits per heavy atom. The number of halogens is 3. The quantitative estimate of drug-likeness (QED) is 0.552. The lowest BCUT2D eigenvalue weighted by atomic mass is 9.99. The first kappa shape index (κ1) is 22.9. The lowest BCUT2D eigenvalue weighted by molar-refractivity contribution is -0.117. The van der Waals surface area contributed by atoms with Gasteiger partial charge in [-0.1, -0.05) is 30.3 Å². The number of aromatic nitrogens is 2. The zero-order valence-corrected chi connectivity index (χ0v) is 19.0. The summed E-state index contributed by atoms with van der Waals surface area (Å²) in [5.41, 5.74) is 2.27. The van der Waals surface area contributed by atoms with Crippen LogP contribution in [0.4, 0.5) is 29.3 Å². The van der Waals surface area contributed by atoms with Crippen LogP contribution >= 0.6 is 0 Å². The van der Waals surface area contributed by atoms with Gasteiger partial charge in [0.25, 0.3) is 0 Å². The van der Waals surface area contributed by atoms with Gasteiger partial charge in [-0.2, -0.15) is 5.10 Å². The summed E-state index contributed by atoms with van der Waals surface area (Å²) in [6.07, 6.45) is 2.63. The maximum Gasteiger partial charge on any atom is 0.322 e. The number of hydrogen-bond acceptors (Lipinski definition) is 3. The number of carbonyl (C=O) groups is 2. The van der Waals surface area contributed by atoms with E-state index in [9.17, 15) is 22.8 Å². The predicted octanol–water partition coefficient (Wildman–Crippen LogP) is 4.65. The van der Waals surface area contributed by atoms with Crippen molar-refractivity contribution in [1.29, 1.82) is 0 Å². The lowest BCUT2D eigenvalue weighted by Gasteiger charge is -2.28. The maximum atomic E-state index is 13.6. The molecule has 35 heavy (non-hydrogen) atoms. The van der Waals surface area contributed by atoms with E-state index in [1.54, 1.807) is 15.8 Å². The van der Waals surface area contributed by atoms with Crippen molar-refractivity contribution in [2.24, 2.45) is 0 Å². The predicted molar refractivity (Wildman–Crippen MR) is 123 cm³/mol. The van der Waals surface area contributed by atoms with Gasteiger partial charge in [0.1, 0.15) is 0 Å². The van der Waals surface area contributed by atoms with Gasteiger partial charge in [-0.25, -0.2) is 18.0 Å². The third-order valence-electron chi connectivity index (χ3n) is 6.72. The highest BCUT2D eigenvalue weighted by atomic mass is 19.2. The second-order valence-corrected chi connectivity index (χ2v) is 8.97. The molecule has 2 aliphatic heterocycles. The third-order valence-corrected chi connectivity index (χ3v) is 6.72. The monoisotopic (exact) mass is 483 g/mol. The second kappa shape index (κ2) is 9.09. The molecule has 0 bridgehead atoms. The minimum absolute atomic E-state index is 0.0137. The van der Waals surface area contributed by atoms with E-state index in [1.807, 2.05) is 37.3 Å². The molecule has 182 valence electrons. The molecule has 0 radical (unpaired) electrons. The number of rotatable bonds is 3. The van der Waals surface area contributed by atoms with Crippen LogP contribution in [0.1, 0.15) is 36.9 Å². The largest absolute Gasteiger partial charge is 0.322 e. The first-order chi connectivity index (χ1) is 16.8. The van der Waals surface area contributed by atoms with Gasteiger partial charge in [0, 0.05) is 49.3 Å².